The standard InChI is InChI=1S/C20H25N3O4/c1-4-27-20(26)14-8-7-11-22(12-14)19(25)17-15-9-5-6-10-16(15)18(24)23(21-17)13(2)3/h5-6,9-10,13-14H,4,7-8,11-12H2,1-3H3/t14-/m0/s1. The Morgan fingerprint density at radius 2 is 1.96 bits per heavy atom. The third-order valence-corrected chi connectivity index (χ3v) is 4.85. The van der Waals surface area contributed by atoms with E-state index in [9.17, 15) is 14.4 Å². The van der Waals surface area contributed by atoms with Crippen LogP contribution in [0.25, 0.3) is 10.8 Å². The molecule has 2 aromatic rings. The number of ether oxygens (including phenoxy) is 1. The van der Waals surface area contributed by atoms with Gasteiger partial charge in [-0.25, -0.2) is 4.68 Å². The average Bonchev–Trinajstić information content (AvgIpc) is 2.68. The first kappa shape index (κ1) is 19.1. The summed E-state index contributed by atoms with van der Waals surface area (Å²) < 4.78 is 6.46. The van der Waals surface area contributed by atoms with Crippen LogP contribution in [0.4, 0.5) is 0 Å². The fourth-order valence-electron chi connectivity index (χ4n) is 3.48. The lowest BCUT2D eigenvalue weighted by Crippen LogP contribution is -2.43. The molecule has 0 aliphatic carbocycles. The number of hydrogen-bond donors (Lipinski definition) is 0. The lowest BCUT2D eigenvalue weighted by atomic mass is 9.97. The number of esters is 1. The van der Waals surface area contributed by atoms with Gasteiger partial charge in [0.2, 0.25) is 0 Å². The summed E-state index contributed by atoms with van der Waals surface area (Å²) in [7, 11) is 0. The van der Waals surface area contributed by atoms with E-state index in [-0.39, 0.29) is 35.1 Å². The van der Waals surface area contributed by atoms with Crippen LogP contribution in [0.3, 0.4) is 0 Å². The van der Waals surface area contributed by atoms with Crippen LogP contribution < -0.4 is 5.56 Å². The molecule has 1 saturated heterocycles. The highest BCUT2D eigenvalue weighted by atomic mass is 16.5. The molecule has 144 valence electrons. The quantitative estimate of drug-likeness (QED) is 0.771. The molecule has 1 fully saturated rings. The number of amides is 1. The first-order chi connectivity index (χ1) is 12.9. The van der Waals surface area contributed by atoms with Gasteiger partial charge in [-0.1, -0.05) is 18.2 Å². The molecule has 0 N–H and O–H groups in total. The average molecular weight is 371 g/mol. The molecule has 3 rings (SSSR count). The van der Waals surface area contributed by atoms with Gasteiger partial charge in [0.15, 0.2) is 5.69 Å². The fraction of sp³-hybridized carbons (Fsp3) is 0.500. The van der Waals surface area contributed by atoms with Crippen LogP contribution in [-0.4, -0.2) is 46.3 Å². The molecule has 0 saturated carbocycles. The second kappa shape index (κ2) is 7.90. The third-order valence-electron chi connectivity index (χ3n) is 4.85. The third kappa shape index (κ3) is 3.72. The monoisotopic (exact) mass is 371 g/mol. The minimum Gasteiger partial charge on any atom is -0.466 e. The van der Waals surface area contributed by atoms with E-state index >= 15 is 0 Å². The molecule has 1 aromatic carbocycles. The molecule has 7 nitrogen and oxygen atoms in total. The SMILES string of the molecule is CCOC(=O)[C@H]1CCCN(C(=O)c2nn(C(C)C)c(=O)c3ccccc23)C1. The summed E-state index contributed by atoms with van der Waals surface area (Å²) >= 11 is 0. The Morgan fingerprint density at radius 3 is 2.63 bits per heavy atom. The van der Waals surface area contributed by atoms with E-state index in [1.165, 1.54) is 4.68 Å². The van der Waals surface area contributed by atoms with E-state index in [0.717, 1.165) is 6.42 Å². The maximum absolute atomic E-state index is 13.2. The van der Waals surface area contributed by atoms with Crippen molar-refractivity contribution < 1.29 is 14.3 Å². The predicted molar refractivity (Wildman–Crippen MR) is 102 cm³/mol. The van der Waals surface area contributed by atoms with Crippen molar-refractivity contribution in [2.75, 3.05) is 19.7 Å². The van der Waals surface area contributed by atoms with Gasteiger partial charge >= 0.3 is 5.97 Å². The first-order valence-corrected chi connectivity index (χ1v) is 9.41. The Hall–Kier alpha value is -2.70. The van der Waals surface area contributed by atoms with Crippen molar-refractivity contribution in [3.8, 4) is 0 Å². The van der Waals surface area contributed by atoms with Crippen LogP contribution in [-0.2, 0) is 9.53 Å². The normalized spacial score (nSPS) is 17.3. The summed E-state index contributed by atoms with van der Waals surface area (Å²) in [4.78, 5) is 39.6. The minimum absolute atomic E-state index is 0.165. The lowest BCUT2D eigenvalue weighted by molar-refractivity contribution is -0.149. The molecule has 0 radical (unpaired) electrons. The van der Waals surface area contributed by atoms with Gasteiger partial charge in [-0.2, -0.15) is 5.10 Å². The Labute approximate surface area is 157 Å². The zero-order chi connectivity index (χ0) is 19.6. The lowest BCUT2D eigenvalue weighted by Gasteiger charge is -2.31. The second-order valence-corrected chi connectivity index (χ2v) is 7.08. The Balaban J connectivity index is 1.99. The van der Waals surface area contributed by atoms with Crippen LogP contribution in [0.5, 0.6) is 0 Å². The van der Waals surface area contributed by atoms with Crippen LogP contribution in [0.1, 0.15) is 50.1 Å². The molecule has 1 aliphatic rings. The molecule has 27 heavy (non-hydrogen) atoms. The van der Waals surface area contributed by atoms with E-state index in [1.807, 2.05) is 13.8 Å². The van der Waals surface area contributed by atoms with Crippen LogP contribution in [0.2, 0.25) is 0 Å². The number of rotatable bonds is 4. The zero-order valence-electron chi connectivity index (χ0n) is 16.0. The van der Waals surface area contributed by atoms with Crippen LogP contribution >= 0.6 is 0 Å². The number of carbonyl (C=O) groups is 2. The maximum atomic E-state index is 13.2. The summed E-state index contributed by atoms with van der Waals surface area (Å²) in [5, 5.41) is 5.40. The van der Waals surface area contributed by atoms with Gasteiger partial charge in [0.1, 0.15) is 0 Å². The molecular weight excluding hydrogens is 346 g/mol. The van der Waals surface area contributed by atoms with E-state index in [2.05, 4.69) is 5.10 Å². The highest BCUT2D eigenvalue weighted by Crippen LogP contribution is 2.22. The van der Waals surface area contributed by atoms with Gasteiger partial charge in [-0.3, -0.25) is 14.4 Å². The molecule has 7 heteroatoms. The highest BCUT2D eigenvalue weighted by Gasteiger charge is 2.31. The highest BCUT2D eigenvalue weighted by molar-refractivity contribution is 6.04. The van der Waals surface area contributed by atoms with Gasteiger partial charge in [0, 0.05) is 18.5 Å². The Bertz CT molecular complexity index is 919. The summed E-state index contributed by atoms with van der Waals surface area (Å²) in [6.07, 6.45) is 1.44. The molecule has 2 heterocycles. The minimum atomic E-state index is -0.315. The van der Waals surface area contributed by atoms with Crippen molar-refractivity contribution in [3.05, 3.63) is 40.3 Å². The van der Waals surface area contributed by atoms with Gasteiger partial charge < -0.3 is 9.64 Å². The van der Waals surface area contributed by atoms with Crippen molar-refractivity contribution in [1.82, 2.24) is 14.7 Å². The van der Waals surface area contributed by atoms with Crippen molar-refractivity contribution >= 4 is 22.6 Å². The van der Waals surface area contributed by atoms with Gasteiger partial charge in [-0.05, 0) is 39.7 Å². The number of piperidine rings is 1. The van der Waals surface area contributed by atoms with Gasteiger partial charge in [0.25, 0.3) is 11.5 Å². The van der Waals surface area contributed by atoms with Crippen molar-refractivity contribution in [3.63, 3.8) is 0 Å². The fourth-order valence-corrected chi connectivity index (χ4v) is 3.48. The van der Waals surface area contributed by atoms with E-state index in [1.54, 1.807) is 36.1 Å². The molecule has 1 amide bonds. The number of carbonyl (C=O) groups excluding carboxylic acids is 2. The van der Waals surface area contributed by atoms with Crippen molar-refractivity contribution in [2.24, 2.45) is 5.92 Å². The molecule has 1 aliphatic heterocycles. The summed E-state index contributed by atoms with van der Waals surface area (Å²) in [5.41, 5.74) is 0.0450. The Kier molecular flexibility index (Phi) is 5.58. The number of benzene rings is 1. The topological polar surface area (TPSA) is 81.5 Å². The van der Waals surface area contributed by atoms with Crippen molar-refractivity contribution in [2.45, 2.75) is 39.7 Å². The molecule has 0 spiro atoms. The van der Waals surface area contributed by atoms with Crippen molar-refractivity contribution in [1.29, 1.82) is 0 Å². The molecule has 0 bridgehead atoms. The second-order valence-electron chi connectivity index (χ2n) is 7.08. The number of likely N-dealkylation sites (tertiary alicyclic amines) is 1. The molecule has 1 atom stereocenters. The predicted octanol–water partition coefficient (Wildman–Crippen LogP) is 2.39. The first-order valence-electron chi connectivity index (χ1n) is 9.41. The van der Waals surface area contributed by atoms with Crippen LogP contribution in [0.15, 0.2) is 29.1 Å². The number of aromatic nitrogens is 2. The van der Waals surface area contributed by atoms with Crippen LogP contribution in [0, 0.1) is 5.92 Å². The maximum Gasteiger partial charge on any atom is 0.310 e. The molecule has 0 unspecified atom stereocenters. The summed E-state index contributed by atoms with van der Waals surface area (Å²) in [5.74, 6) is -0.834. The smallest absolute Gasteiger partial charge is 0.310 e. The number of hydrogen-bond acceptors (Lipinski definition) is 5. The van der Waals surface area contributed by atoms with Gasteiger partial charge in [0.05, 0.1) is 24.0 Å². The zero-order valence-corrected chi connectivity index (χ0v) is 16.0. The number of nitrogens with zero attached hydrogens (tertiary/aromatic N) is 3. The summed E-state index contributed by atoms with van der Waals surface area (Å²) in [6, 6.07) is 6.86. The summed E-state index contributed by atoms with van der Waals surface area (Å²) in [6.45, 7) is 6.69. The number of fused-ring (bicyclic) bond motifs is 1. The van der Waals surface area contributed by atoms with E-state index in [0.29, 0.717) is 36.9 Å². The largest absolute Gasteiger partial charge is 0.466 e. The van der Waals surface area contributed by atoms with E-state index in [4.69, 9.17) is 4.74 Å². The Morgan fingerprint density at radius 1 is 1.26 bits per heavy atom. The van der Waals surface area contributed by atoms with Gasteiger partial charge in [-0.15, -0.1) is 0 Å². The molecule has 1 aromatic heterocycles. The molecular formula is C20H25N3O4. The van der Waals surface area contributed by atoms with E-state index < -0.39 is 0 Å².